The number of rotatable bonds is 3. The lowest BCUT2D eigenvalue weighted by atomic mass is 10.2. The van der Waals surface area contributed by atoms with Crippen molar-refractivity contribution in [3.05, 3.63) is 50.1 Å². The fourth-order valence-electron chi connectivity index (χ4n) is 2.69. The molecule has 2 amide bonds. The molecule has 128 valence electrons. The van der Waals surface area contributed by atoms with Crippen LogP contribution in [0.25, 0.3) is 0 Å². The average Bonchev–Trinajstić information content (AvgIpc) is 2.96. The summed E-state index contributed by atoms with van der Waals surface area (Å²) in [6.07, 6.45) is 0. The number of piperazine rings is 1. The number of carbonyl (C=O) groups excluding carboxylic acids is 1. The average molecular weight is 384 g/mol. The van der Waals surface area contributed by atoms with Crippen LogP contribution in [0.4, 0.5) is 10.5 Å². The number of thiophene rings is 1. The molecule has 1 saturated heterocycles. The molecule has 2 aromatic rings. The zero-order chi connectivity index (χ0) is 17.1. The lowest BCUT2D eigenvalue weighted by Gasteiger charge is -2.34. The Kier molecular flexibility index (Phi) is 5.66. The summed E-state index contributed by atoms with van der Waals surface area (Å²) in [4.78, 5) is 17.9. The zero-order valence-corrected chi connectivity index (χ0v) is 15.7. The summed E-state index contributed by atoms with van der Waals surface area (Å²) >= 11 is 13.6. The van der Waals surface area contributed by atoms with Crippen LogP contribution >= 0.6 is 34.5 Å². The molecule has 0 spiro atoms. The van der Waals surface area contributed by atoms with Gasteiger partial charge in [-0.25, -0.2) is 4.79 Å². The van der Waals surface area contributed by atoms with E-state index in [4.69, 9.17) is 23.2 Å². The van der Waals surface area contributed by atoms with Crippen molar-refractivity contribution in [1.29, 1.82) is 0 Å². The van der Waals surface area contributed by atoms with Gasteiger partial charge >= 0.3 is 6.03 Å². The number of anilines is 1. The van der Waals surface area contributed by atoms with Crippen LogP contribution < -0.4 is 5.32 Å². The number of benzene rings is 1. The molecule has 0 atom stereocenters. The lowest BCUT2D eigenvalue weighted by Crippen LogP contribution is -2.49. The number of halogens is 2. The van der Waals surface area contributed by atoms with Gasteiger partial charge in [-0.05, 0) is 36.8 Å². The number of carbonyl (C=O) groups is 1. The SMILES string of the molecule is Cc1ccc(Cl)cc1NC(=O)N1CCN(Cc2ccc(Cl)s2)CC1. The molecule has 24 heavy (non-hydrogen) atoms. The quantitative estimate of drug-likeness (QED) is 0.832. The zero-order valence-electron chi connectivity index (χ0n) is 13.4. The highest BCUT2D eigenvalue weighted by molar-refractivity contribution is 7.16. The van der Waals surface area contributed by atoms with E-state index < -0.39 is 0 Å². The van der Waals surface area contributed by atoms with Gasteiger partial charge in [-0.2, -0.15) is 0 Å². The Morgan fingerprint density at radius 1 is 1.17 bits per heavy atom. The van der Waals surface area contributed by atoms with Crippen molar-refractivity contribution in [2.45, 2.75) is 13.5 Å². The summed E-state index contributed by atoms with van der Waals surface area (Å²) in [5.41, 5.74) is 1.77. The summed E-state index contributed by atoms with van der Waals surface area (Å²) in [6, 6.07) is 9.43. The standard InChI is InChI=1S/C17H19Cl2N3OS/c1-12-2-3-13(18)10-15(12)20-17(23)22-8-6-21(7-9-22)11-14-4-5-16(19)24-14/h2-5,10H,6-9,11H2,1H3,(H,20,23). The van der Waals surface area contributed by atoms with Crippen molar-refractivity contribution in [2.24, 2.45) is 0 Å². The molecule has 4 nitrogen and oxygen atoms in total. The van der Waals surface area contributed by atoms with E-state index in [9.17, 15) is 4.79 Å². The first-order valence-electron chi connectivity index (χ1n) is 7.80. The van der Waals surface area contributed by atoms with Crippen LogP contribution in [0.3, 0.4) is 0 Å². The topological polar surface area (TPSA) is 35.6 Å². The maximum Gasteiger partial charge on any atom is 0.321 e. The molecule has 0 radical (unpaired) electrons. The molecular formula is C17H19Cl2N3OS. The van der Waals surface area contributed by atoms with E-state index in [0.717, 1.165) is 35.2 Å². The summed E-state index contributed by atoms with van der Waals surface area (Å²) in [5, 5.41) is 3.58. The van der Waals surface area contributed by atoms with Crippen LogP contribution in [-0.4, -0.2) is 42.0 Å². The summed E-state index contributed by atoms with van der Waals surface area (Å²) in [5.74, 6) is 0. The van der Waals surface area contributed by atoms with E-state index in [0.29, 0.717) is 18.1 Å². The second-order valence-corrected chi connectivity index (χ2v) is 8.09. The highest BCUT2D eigenvalue weighted by Gasteiger charge is 2.21. The predicted octanol–water partition coefficient (Wildman–Crippen LogP) is 4.71. The van der Waals surface area contributed by atoms with E-state index >= 15 is 0 Å². The second-order valence-electron chi connectivity index (χ2n) is 5.86. The van der Waals surface area contributed by atoms with Gasteiger partial charge in [0, 0.05) is 48.3 Å². The molecule has 1 N–H and O–H groups in total. The Hall–Kier alpha value is -1.27. The van der Waals surface area contributed by atoms with Gasteiger partial charge in [0.1, 0.15) is 0 Å². The number of hydrogen-bond donors (Lipinski definition) is 1. The van der Waals surface area contributed by atoms with Gasteiger partial charge in [-0.3, -0.25) is 4.90 Å². The van der Waals surface area contributed by atoms with Gasteiger partial charge < -0.3 is 10.2 Å². The number of urea groups is 1. The fraction of sp³-hybridized carbons (Fsp3) is 0.353. The monoisotopic (exact) mass is 383 g/mol. The van der Waals surface area contributed by atoms with E-state index in [1.54, 1.807) is 17.4 Å². The molecule has 1 fully saturated rings. The molecule has 0 unspecified atom stereocenters. The van der Waals surface area contributed by atoms with Crippen LogP contribution in [0.1, 0.15) is 10.4 Å². The molecule has 0 bridgehead atoms. The van der Waals surface area contributed by atoms with Crippen LogP contribution in [0, 0.1) is 6.92 Å². The van der Waals surface area contributed by atoms with Crippen molar-refractivity contribution in [1.82, 2.24) is 9.80 Å². The highest BCUT2D eigenvalue weighted by atomic mass is 35.5. The lowest BCUT2D eigenvalue weighted by molar-refractivity contribution is 0.143. The third-order valence-electron chi connectivity index (χ3n) is 4.11. The Labute approximate surface area is 156 Å². The summed E-state index contributed by atoms with van der Waals surface area (Å²) < 4.78 is 0.819. The molecule has 1 aliphatic heterocycles. The third kappa shape index (κ3) is 4.42. The Balaban J connectivity index is 1.52. The smallest absolute Gasteiger partial charge is 0.321 e. The van der Waals surface area contributed by atoms with Crippen LogP contribution in [0.5, 0.6) is 0 Å². The first-order chi connectivity index (χ1) is 11.5. The van der Waals surface area contributed by atoms with Crippen LogP contribution in [0.2, 0.25) is 9.36 Å². The molecular weight excluding hydrogens is 365 g/mol. The number of nitrogens with zero attached hydrogens (tertiary/aromatic N) is 2. The Morgan fingerprint density at radius 3 is 2.58 bits per heavy atom. The molecule has 0 saturated carbocycles. The van der Waals surface area contributed by atoms with Crippen molar-refractivity contribution in [3.63, 3.8) is 0 Å². The van der Waals surface area contributed by atoms with E-state index in [2.05, 4.69) is 16.3 Å². The normalized spacial score (nSPS) is 15.5. The largest absolute Gasteiger partial charge is 0.322 e. The summed E-state index contributed by atoms with van der Waals surface area (Å²) in [6.45, 7) is 5.99. The minimum atomic E-state index is -0.0702. The first-order valence-corrected chi connectivity index (χ1v) is 9.37. The fourth-order valence-corrected chi connectivity index (χ4v) is 3.99. The van der Waals surface area contributed by atoms with Gasteiger partial charge in [0.25, 0.3) is 0 Å². The number of aryl methyl sites for hydroxylation is 1. The molecule has 7 heteroatoms. The molecule has 1 aromatic heterocycles. The predicted molar refractivity (Wildman–Crippen MR) is 101 cm³/mol. The second kappa shape index (κ2) is 7.74. The molecule has 3 rings (SSSR count). The Morgan fingerprint density at radius 2 is 1.92 bits per heavy atom. The molecule has 2 heterocycles. The molecule has 1 aromatic carbocycles. The van der Waals surface area contributed by atoms with Crippen molar-refractivity contribution in [3.8, 4) is 0 Å². The third-order valence-corrected chi connectivity index (χ3v) is 5.56. The maximum absolute atomic E-state index is 12.4. The first kappa shape index (κ1) is 17.5. The summed E-state index contributed by atoms with van der Waals surface area (Å²) in [7, 11) is 0. The van der Waals surface area contributed by atoms with E-state index in [1.165, 1.54) is 4.88 Å². The van der Waals surface area contributed by atoms with Crippen LogP contribution in [0.15, 0.2) is 30.3 Å². The molecule has 1 aliphatic rings. The van der Waals surface area contributed by atoms with E-state index in [-0.39, 0.29) is 6.03 Å². The van der Waals surface area contributed by atoms with Gasteiger partial charge in [0.2, 0.25) is 0 Å². The van der Waals surface area contributed by atoms with Crippen LogP contribution in [-0.2, 0) is 6.54 Å². The van der Waals surface area contributed by atoms with Crippen molar-refractivity contribution < 1.29 is 4.79 Å². The van der Waals surface area contributed by atoms with Gasteiger partial charge in [0.15, 0.2) is 0 Å². The minimum absolute atomic E-state index is 0.0702. The Bertz CT molecular complexity index is 726. The number of hydrogen-bond acceptors (Lipinski definition) is 3. The van der Waals surface area contributed by atoms with Crippen molar-refractivity contribution >= 4 is 46.3 Å². The van der Waals surface area contributed by atoms with Gasteiger partial charge in [-0.15, -0.1) is 11.3 Å². The highest BCUT2D eigenvalue weighted by Crippen LogP contribution is 2.23. The van der Waals surface area contributed by atoms with Gasteiger partial charge in [0.05, 0.1) is 4.34 Å². The van der Waals surface area contributed by atoms with E-state index in [1.807, 2.05) is 30.0 Å². The number of nitrogens with one attached hydrogen (secondary N) is 1. The molecule has 0 aliphatic carbocycles. The number of amides is 2. The van der Waals surface area contributed by atoms with Crippen molar-refractivity contribution in [2.75, 3.05) is 31.5 Å². The van der Waals surface area contributed by atoms with Gasteiger partial charge in [-0.1, -0.05) is 29.3 Å². The maximum atomic E-state index is 12.4. The minimum Gasteiger partial charge on any atom is -0.322 e.